The predicted molar refractivity (Wildman–Crippen MR) is 77.6 cm³/mol. The van der Waals surface area contributed by atoms with Gasteiger partial charge in [-0.05, 0) is 42.3 Å². The van der Waals surface area contributed by atoms with Crippen LogP contribution in [-0.4, -0.2) is 10.8 Å². The number of aromatic nitrogens is 1. The van der Waals surface area contributed by atoms with Crippen molar-refractivity contribution in [2.24, 2.45) is 0 Å². The second-order valence-electron chi connectivity index (χ2n) is 4.25. The summed E-state index contributed by atoms with van der Waals surface area (Å²) in [6.45, 7) is 1.84. The maximum absolute atomic E-state index is 12.1. The van der Waals surface area contributed by atoms with Crippen LogP contribution in [0.3, 0.4) is 0 Å². The summed E-state index contributed by atoms with van der Waals surface area (Å²) in [6, 6.07) is 9.03. The number of allylic oxidation sites excluding steroid dienone is 1. The summed E-state index contributed by atoms with van der Waals surface area (Å²) in [7, 11) is 0. The highest BCUT2D eigenvalue weighted by Gasteiger charge is 2.10. The second kappa shape index (κ2) is 5.35. The molecule has 0 aliphatic rings. The van der Waals surface area contributed by atoms with Crippen LogP contribution in [0.2, 0.25) is 0 Å². The number of benzene rings is 1. The fourth-order valence-corrected chi connectivity index (χ4v) is 1.76. The van der Waals surface area contributed by atoms with Crippen LogP contribution >= 0.6 is 0 Å². The molecule has 0 atom stereocenters. The molecule has 0 aliphatic carbocycles. The van der Waals surface area contributed by atoms with Gasteiger partial charge in [-0.15, -0.1) is 0 Å². The Kier molecular flexibility index (Phi) is 3.61. The number of anilines is 2. The molecular weight excluding hydrogens is 238 g/mol. The number of ketones is 1. The van der Waals surface area contributed by atoms with Crippen molar-refractivity contribution in [3.8, 4) is 0 Å². The maximum atomic E-state index is 12.1. The number of carbonyl (C=O) groups is 1. The first kappa shape index (κ1) is 12.8. The van der Waals surface area contributed by atoms with E-state index in [9.17, 15) is 4.79 Å². The van der Waals surface area contributed by atoms with Crippen molar-refractivity contribution < 1.29 is 4.79 Å². The molecule has 4 heteroatoms. The molecule has 0 radical (unpaired) electrons. The number of rotatable bonds is 3. The van der Waals surface area contributed by atoms with Crippen molar-refractivity contribution in [3.05, 3.63) is 59.3 Å². The number of pyridine rings is 1. The summed E-state index contributed by atoms with van der Waals surface area (Å²) >= 11 is 0. The molecule has 4 nitrogen and oxygen atoms in total. The van der Waals surface area contributed by atoms with Gasteiger partial charge in [0.05, 0.1) is 5.56 Å². The first-order chi connectivity index (χ1) is 9.08. The van der Waals surface area contributed by atoms with Crippen LogP contribution in [0.15, 0.2) is 42.6 Å². The number of hydrogen-bond donors (Lipinski definition) is 2. The number of nitrogens with two attached hydrogens (primary N) is 2. The Balaban J connectivity index is 2.24. The van der Waals surface area contributed by atoms with Gasteiger partial charge in [0.2, 0.25) is 0 Å². The number of hydrogen-bond acceptors (Lipinski definition) is 4. The molecule has 0 aliphatic heterocycles. The van der Waals surface area contributed by atoms with Gasteiger partial charge in [0.15, 0.2) is 5.78 Å². The van der Waals surface area contributed by atoms with Gasteiger partial charge in [-0.1, -0.05) is 18.2 Å². The zero-order chi connectivity index (χ0) is 13.8. The Morgan fingerprint density at radius 2 is 1.84 bits per heavy atom. The van der Waals surface area contributed by atoms with Crippen molar-refractivity contribution in [2.45, 2.75) is 6.92 Å². The van der Waals surface area contributed by atoms with E-state index in [0.717, 1.165) is 11.1 Å². The lowest BCUT2D eigenvalue weighted by molar-refractivity contribution is 0.104. The highest BCUT2D eigenvalue weighted by Crippen LogP contribution is 2.15. The third-order valence-corrected chi connectivity index (χ3v) is 2.80. The summed E-state index contributed by atoms with van der Waals surface area (Å²) in [6.07, 6.45) is 4.81. The van der Waals surface area contributed by atoms with Crippen molar-refractivity contribution in [1.82, 2.24) is 4.98 Å². The van der Waals surface area contributed by atoms with Gasteiger partial charge in [-0.25, -0.2) is 4.98 Å². The quantitative estimate of drug-likeness (QED) is 0.500. The normalized spacial score (nSPS) is 10.8. The van der Waals surface area contributed by atoms with Crippen LogP contribution in [-0.2, 0) is 0 Å². The van der Waals surface area contributed by atoms with Crippen molar-refractivity contribution in [2.75, 3.05) is 11.5 Å². The van der Waals surface area contributed by atoms with Crippen LogP contribution in [0.5, 0.6) is 0 Å². The molecule has 2 rings (SSSR count). The monoisotopic (exact) mass is 253 g/mol. The predicted octanol–water partition coefficient (Wildman–Crippen LogP) is 2.45. The van der Waals surface area contributed by atoms with E-state index in [1.165, 1.54) is 6.08 Å². The van der Waals surface area contributed by atoms with Crippen LogP contribution in [0, 0.1) is 6.92 Å². The van der Waals surface area contributed by atoms with Gasteiger partial charge in [-0.3, -0.25) is 4.79 Å². The van der Waals surface area contributed by atoms with E-state index in [2.05, 4.69) is 4.98 Å². The lowest BCUT2D eigenvalue weighted by Gasteiger charge is -2.04. The van der Waals surface area contributed by atoms with Gasteiger partial charge >= 0.3 is 0 Å². The largest absolute Gasteiger partial charge is 0.399 e. The van der Waals surface area contributed by atoms with E-state index in [4.69, 9.17) is 11.5 Å². The molecular formula is C15H15N3O. The zero-order valence-corrected chi connectivity index (χ0v) is 10.6. The smallest absolute Gasteiger partial charge is 0.189 e. The van der Waals surface area contributed by atoms with Crippen LogP contribution in [0.4, 0.5) is 11.5 Å². The minimum atomic E-state index is -0.153. The first-order valence-corrected chi connectivity index (χ1v) is 5.87. The second-order valence-corrected chi connectivity index (χ2v) is 4.25. The molecule has 2 aromatic rings. The molecule has 96 valence electrons. The molecule has 0 saturated heterocycles. The minimum absolute atomic E-state index is 0.153. The number of carbonyl (C=O) groups excluding carboxylic acids is 1. The van der Waals surface area contributed by atoms with Gasteiger partial charge < -0.3 is 11.5 Å². The highest BCUT2D eigenvalue weighted by atomic mass is 16.1. The molecule has 0 bridgehead atoms. The molecule has 19 heavy (non-hydrogen) atoms. The zero-order valence-electron chi connectivity index (χ0n) is 10.6. The van der Waals surface area contributed by atoms with Gasteiger partial charge in [0.1, 0.15) is 5.82 Å². The van der Waals surface area contributed by atoms with Gasteiger partial charge in [-0.2, -0.15) is 0 Å². The molecule has 1 aromatic heterocycles. The van der Waals surface area contributed by atoms with Crippen molar-refractivity contribution >= 4 is 23.4 Å². The molecule has 0 amide bonds. The molecule has 0 unspecified atom stereocenters. The molecule has 4 N–H and O–H groups in total. The maximum Gasteiger partial charge on any atom is 0.189 e. The lowest BCUT2D eigenvalue weighted by Crippen LogP contribution is -2.05. The lowest BCUT2D eigenvalue weighted by atomic mass is 10.1. The minimum Gasteiger partial charge on any atom is -0.399 e. The van der Waals surface area contributed by atoms with Gasteiger partial charge in [0, 0.05) is 11.9 Å². The number of nitrogens with zero attached hydrogens (tertiary/aromatic N) is 1. The van der Waals surface area contributed by atoms with Crippen molar-refractivity contribution in [1.29, 1.82) is 0 Å². The van der Waals surface area contributed by atoms with E-state index in [-0.39, 0.29) is 11.6 Å². The Morgan fingerprint density at radius 3 is 2.47 bits per heavy atom. The van der Waals surface area contributed by atoms with E-state index in [1.54, 1.807) is 30.5 Å². The molecule has 1 aromatic carbocycles. The summed E-state index contributed by atoms with van der Waals surface area (Å²) in [5, 5.41) is 0. The average molecular weight is 253 g/mol. The van der Waals surface area contributed by atoms with E-state index in [0.29, 0.717) is 11.3 Å². The number of aryl methyl sites for hydroxylation is 1. The van der Waals surface area contributed by atoms with E-state index < -0.39 is 0 Å². The summed E-state index contributed by atoms with van der Waals surface area (Å²) in [4.78, 5) is 16.0. The van der Waals surface area contributed by atoms with Crippen LogP contribution in [0.1, 0.15) is 21.5 Å². The fraction of sp³-hybridized carbons (Fsp3) is 0.0667. The molecule has 1 heterocycles. The topological polar surface area (TPSA) is 82.0 Å². The van der Waals surface area contributed by atoms with Crippen molar-refractivity contribution in [3.63, 3.8) is 0 Å². The summed E-state index contributed by atoms with van der Waals surface area (Å²) in [5.41, 5.74) is 14.2. The standard InChI is InChI=1S/C15H15N3O/c1-10-8-9-18-15(17)14(10)13(19)7-4-11-2-5-12(16)6-3-11/h2-9H,16H2,1H3,(H2,17,18)/b7-4+. The van der Waals surface area contributed by atoms with E-state index in [1.807, 2.05) is 19.1 Å². The van der Waals surface area contributed by atoms with Gasteiger partial charge in [0.25, 0.3) is 0 Å². The molecule has 0 fully saturated rings. The summed E-state index contributed by atoms with van der Waals surface area (Å²) < 4.78 is 0. The SMILES string of the molecule is Cc1ccnc(N)c1C(=O)/C=C/c1ccc(N)cc1. The third-order valence-electron chi connectivity index (χ3n) is 2.80. The van der Waals surface area contributed by atoms with Crippen LogP contribution in [0.25, 0.3) is 6.08 Å². The fourth-order valence-electron chi connectivity index (χ4n) is 1.76. The van der Waals surface area contributed by atoms with Crippen LogP contribution < -0.4 is 11.5 Å². The van der Waals surface area contributed by atoms with E-state index >= 15 is 0 Å². The Hall–Kier alpha value is -2.62. The summed E-state index contributed by atoms with van der Waals surface area (Å²) in [5.74, 6) is 0.104. The molecule has 0 saturated carbocycles. The Bertz CT molecular complexity index is 610. The highest BCUT2D eigenvalue weighted by molar-refractivity contribution is 6.10. The number of nitrogen functional groups attached to an aromatic ring is 2. The third kappa shape index (κ3) is 2.98. The molecule has 0 spiro atoms. The average Bonchev–Trinajstić information content (AvgIpc) is 2.38. The Morgan fingerprint density at radius 1 is 1.16 bits per heavy atom. The first-order valence-electron chi connectivity index (χ1n) is 5.87. The Labute approximate surface area is 111 Å².